The number of halogens is 3. The van der Waals surface area contributed by atoms with Crippen molar-refractivity contribution in [3.05, 3.63) is 12.2 Å². The van der Waals surface area contributed by atoms with Crippen molar-refractivity contribution in [2.24, 2.45) is 0 Å². The van der Waals surface area contributed by atoms with Crippen LogP contribution in [0.3, 0.4) is 0 Å². The summed E-state index contributed by atoms with van der Waals surface area (Å²) in [6.45, 7) is -1.13. The van der Waals surface area contributed by atoms with Crippen molar-refractivity contribution in [3.63, 3.8) is 0 Å². The van der Waals surface area contributed by atoms with Gasteiger partial charge >= 0.3 is 6.18 Å². The normalized spacial score (nSPS) is 11.5. The number of aromatic amines is 1. The van der Waals surface area contributed by atoms with E-state index in [0.717, 1.165) is 0 Å². The Morgan fingerprint density at radius 3 is 2.83 bits per heavy atom. The number of rotatable bonds is 7. The first-order valence-electron chi connectivity index (χ1n) is 5.36. The van der Waals surface area contributed by atoms with Gasteiger partial charge in [0.15, 0.2) is 0 Å². The highest BCUT2D eigenvalue weighted by Crippen LogP contribution is 2.11. The highest BCUT2D eigenvalue weighted by molar-refractivity contribution is 5.77. The van der Waals surface area contributed by atoms with E-state index < -0.39 is 18.6 Å². The Bertz CT molecular complexity index is 352. The molecule has 1 amide bonds. The summed E-state index contributed by atoms with van der Waals surface area (Å²) in [4.78, 5) is 15.0. The highest BCUT2D eigenvalue weighted by Gasteiger charge is 2.26. The average Bonchev–Trinajstić information content (AvgIpc) is 2.75. The van der Waals surface area contributed by atoms with Crippen molar-refractivity contribution in [1.82, 2.24) is 25.8 Å². The van der Waals surface area contributed by atoms with Crippen LogP contribution < -0.4 is 10.6 Å². The van der Waals surface area contributed by atoms with Gasteiger partial charge in [0.25, 0.3) is 0 Å². The van der Waals surface area contributed by atoms with Crippen LogP contribution in [0.15, 0.2) is 6.33 Å². The molecule has 0 aromatic carbocycles. The van der Waals surface area contributed by atoms with Gasteiger partial charge in [-0.25, -0.2) is 4.98 Å². The summed E-state index contributed by atoms with van der Waals surface area (Å²) in [5, 5.41) is 10.8. The molecule has 0 aliphatic rings. The van der Waals surface area contributed by atoms with Crippen LogP contribution in [-0.2, 0) is 11.2 Å². The summed E-state index contributed by atoms with van der Waals surface area (Å²) in [6.07, 6.45) is -1.65. The maximum atomic E-state index is 11.8. The number of H-pyrrole nitrogens is 1. The molecule has 1 rings (SSSR count). The van der Waals surface area contributed by atoms with Crippen LogP contribution in [0.2, 0.25) is 0 Å². The van der Waals surface area contributed by atoms with Gasteiger partial charge in [0.2, 0.25) is 5.91 Å². The van der Waals surface area contributed by atoms with E-state index in [4.69, 9.17) is 0 Å². The Hall–Kier alpha value is -1.64. The fourth-order valence-electron chi connectivity index (χ4n) is 1.22. The summed E-state index contributed by atoms with van der Waals surface area (Å²) >= 11 is 0. The van der Waals surface area contributed by atoms with Crippen LogP contribution in [0.25, 0.3) is 0 Å². The van der Waals surface area contributed by atoms with Gasteiger partial charge in [-0.05, 0) is 6.42 Å². The van der Waals surface area contributed by atoms with E-state index in [-0.39, 0.29) is 6.54 Å². The number of hydrogen-bond donors (Lipinski definition) is 3. The Kier molecular flexibility index (Phi) is 5.56. The van der Waals surface area contributed by atoms with E-state index in [1.165, 1.54) is 6.33 Å². The first-order chi connectivity index (χ1) is 8.47. The predicted octanol–water partition coefficient (Wildman–Crippen LogP) is 0.00540. The van der Waals surface area contributed by atoms with Gasteiger partial charge in [0, 0.05) is 13.0 Å². The zero-order chi connectivity index (χ0) is 13.4. The molecule has 0 atom stereocenters. The van der Waals surface area contributed by atoms with Crippen molar-refractivity contribution in [1.29, 1.82) is 0 Å². The molecule has 0 saturated heterocycles. The summed E-state index contributed by atoms with van der Waals surface area (Å²) < 4.78 is 35.3. The molecule has 1 aromatic heterocycles. The number of amides is 1. The van der Waals surface area contributed by atoms with Gasteiger partial charge in [-0.15, -0.1) is 0 Å². The van der Waals surface area contributed by atoms with Crippen LogP contribution in [0.1, 0.15) is 12.2 Å². The molecule has 9 heteroatoms. The number of carbonyl (C=O) groups is 1. The van der Waals surface area contributed by atoms with Crippen LogP contribution in [0.4, 0.5) is 13.2 Å². The minimum absolute atomic E-state index is 0.345. The van der Waals surface area contributed by atoms with Gasteiger partial charge in [-0.2, -0.15) is 18.3 Å². The molecule has 0 bridgehead atoms. The van der Waals surface area contributed by atoms with Crippen molar-refractivity contribution in [2.75, 3.05) is 19.6 Å². The third kappa shape index (κ3) is 6.84. The van der Waals surface area contributed by atoms with Crippen LogP contribution in [0.5, 0.6) is 0 Å². The monoisotopic (exact) mass is 265 g/mol. The highest BCUT2D eigenvalue weighted by atomic mass is 19.4. The van der Waals surface area contributed by atoms with Crippen molar-refractivity contribution in [2.45, 2.75) is 19.0 Å². The molecule has 3 N–H and O–H groups in total. The molecular formula is C9H14F3N5O. The van der Waals surface area contributed by atoms with E-state index in [0.29, 0.717) is 25.2 Å². The Morgan fingerprint density at radius 1 is 1.44 bits per heavy atom. The molecule has 0 radical (unpaired) electrons. The zero-order valence-corrected chi connectivity index (χ0v) is 9.55. The van der Waals surface area contributed by atoms with Gasteiger partial charge in [0.1, 0.15) is 12.2 Å². The number of nitrogens with zero attached hydrogens (tertiary/aromatic N) is 2. The van der Waals surface area contributed by atoms with E-state index in [2.05, 4.69) is 20.5 Å². The summed E-state index contributed by atoms with van der Waals surface area (Å²) in [6, 6.07) is 0. The lowest BCUT2D eigenvalue weighted by Gasteiger charge is -2.08. The van der Waals surface area contributed by atoms with Gasteiger partial charge in [-0.1, -0.05) is 0 Å². The molecule has 1 heterocycles. The van der Waals surface area contributed by atoms with E-state index in [1.807, 2.05) is 5.32 Å². The zero-order valence-electron chi connectivity index (χ0n) is 9.55. The fourth-order valence-corrected chi connectivity index (χ4v) is 1.22. The predicted molar refractivity (Wildman–Crippen MR) is 56.6 cm³/mol. The molecule has 0 unspecified atom stereocenters. The molecular weight excluding hydrogens is 251 g/mol. The maximum absolute atomic E-state index is 11.8. The number of nitrogens with one attached hydrogen (secondary N) is 3. The van der Waals surface area contributed by atoms with E-state index >= 15 is 0 Å². The first-order valence-corrected chi connectivity index (χ1v) is 5.36. The lowest BCUT2D eigenvalue weighted by Crippen LogP contribution is -2.38. The van der Waals surface area contributed by atoms with Crippen LogP contribution in [0, 0.1) is 0 Å². The van der Waals surface area contributed by atoms with Crippen LogP contribution >= 0.6 is 0 Å². The first kappa shape index (κ1) is 14.4. The van der Waals surface area contributed by atoms with Crippen molar-refractivity contribution >= 4 is 5.91 Å². The summed E-state index contributed by atoms with van der Waals surface area (Å²) in [5.41, 5.74) is 0. The molecule has 102 valence electrons. The Balaban J connectivity index is 2.00. The van der Waals surface area contributed by atoms with E-state index in [1.54, 1.807) is 0 Å². The number of carbonyl (C=O) groups excluding carboxylic acids is 1. The molecule has 0 aliphatic carbocycles. The van der Waals surface area contributed by atoms with Crippen molar-refractivity contribution < 1.29 is 18.0 Å². The summed E-state index contributed by atoms with van der Waals surface area (Å²) in [5.74, 6) is 0.247. The fraction of sp³-hybridized carbons (Fsp3) is 0.667. The topological polar surface area (TPSA) is 82.7 Å². The molecule has 6 nitrogen and oxygen atoms in total. The molecule has 1 aromatic rings. The molecule has 0 spiro atoms. The lowest BCUT2D eigenvalue weighted by atomic mass is 10.3. The van der Waals surface area contributed by atoms with Crippen molar-refractivity contribution in [3.8, 4) is 0 Å². The van der Waals surface area contributed by atoms with Gasteiger partial charge in [-0.3, -0.25) is 9.89 Å². The smallest absolute Gasteiger partial charge is 0.355 e. The maximum Gasteiger partial charge on any atom is 0.401 e. The summed E-state index contributed by atoms with van der Waals surface area (Å²) in [7, 11) is 0. The van der Waals surface area contributed by atoms with Gasteiger partial charge < -0.3 is 10.6 Å². The second kappa shape index (κ2) is 6.94. The Labute approximate surface area is 101 Å². The number of aromatic nitrogens is 3. The van der Waals surface area contributed by atoms with Crippen LogP contribution in [-0.4, -0.2) is 46.9 Å². The second-order valence-electron chi connectivity index (χ2n) is 3.60. The SMILES string of the molecule is O=C(CNCC(F)(F)F)NCCCc1ncn[nH]1. The lowest BCUT2D eigenvalue weighted by molar-refractivity contribution is -0.128. The third-order valence-electron chi connectivity index (χ3n) is 1.99. The third-order valence-corrected chi connectivity index (χ3v) is 1.99. The Morgan fingerprint density at radius 2 is 2.22 bits per heavy atom. The number of hydrogen-bond acceptors (Lipinski definition) is 4. The number of aryl methyl sites for hydroxylation is 1. The quantitative estimate of drug-likeness (QED) is 0.606. The molecule has 0 aliphatic heterocycles. The molecule has 18 heavy (non-hydrogen) atoms. The minimum atomic E-state index is -4.30. The molecule has 0 fully saturated rings. The second-order valence-corrected chi connectivity index (χ2v) is 3.60. The largest absolute Gasteiger partial charge is 0.401 e. The minimum Gasteiger partial charge on any atom is -0.355 e. The number of alkyl halides is 3. The molecule has 0 saturated carbocycles. The average molecular weight is 265 g/mol. The van der Waals surface area contributed by atoms with Gasteiger partial charge in [0.05, 0.1) is 13.1 Å². The standard InChI is InChI=1S/C9H14F3N5O/c10-9(11,12)5-13-4-8(18)14-3-1-2-7-15-6-16-17-7/h6,13H,1-5H2,(H,14,18)(H,15,16,17). The van der Waals surface area contributed by atoms with E-state index in [9.17, 15) is 18.0 Å².